The van der Waals surface area contributed by atoms with Crippen LogP contribution in [-0.4, -0.2) is 51.0 Å². The summed E-state index contributed by atoms with van der Waals surface area (Å²) >= 11 is 0. The van der Waals surface area contributed by atoms with Crippen molar-refractivity contribution in [1.29, 1.82) is 0 Å². The lowest BCUT2D eigenvalue weighted by atomic mass is 10.0. The molecule has 0 saturated heterocycles. The van der Waals surface area contributed by atoms with Gasteiger partial charge in [0.05, 0.1) is 11.9 Å². The van der Waals surface area contributed by atoms with E-state index in [1.54, 1.807) is 18.2 Å². The molecular weight excluding hydrogens is 512 g/mol. The number of nitrogens with one attached hydrogen (secondary N) is 1. The molecule has 0 fully saturated rings. The summed E-state index contributed by atoms with van der Waals surface area (Å²) in [7, 11) is -2.23. The Balaban J connectivity index is 1.84. The summed E-state index contributed by atoms with van der Waals surface area (Å²) in [6.07, 6.45) is 1.28. The molecule has 2 amide bonds. The van der Waals surface area contributed by atoms with Crippen LogP contribution in [0.3, 0.4) is 0 Å². The van der Waals surface area contributed by atoms with Crippen molar-refractivity contribution >= 4 is 27.5 Å². The third-order valence-electron chi connectivity index (χ3n) is 6.08. The van der Waals surface area contributed by atoms with E-state index in [9.17, 15) is 26.8 Å². The first-order valence-corrected chi connectivity index (χ1v) is 14.0. The third kappa shape index (κ3) is 7.85. The number of benzene rings is 3. The van der Waals surface area contributed by atoms with Crippen LogP contribution in [0.2, 0.25) is 0 Å². The molecule has 0 spiro atoms. The van der Waals surface area contributed by atoms with E-state index in [0.29, 0.717) is 0 Å². The van der Waals surface area contributed by atoms with E-state index in [-0.39, 0.29) is 43.6 Å². The predicted molar refractivity (Wildman–Crippen MR) is 143 cm³/mol. The van der Waals surface area contributed by atoms with Crippen LogP contribution >= 0.6 is 0 Å². The molecule has 202 valence electrons. The van der Waals surface area contributed by atoms with Gasteiger partial charge in [-0.25, -0.2) is 17.2 Å². The number of halogens is 2. The minimum atomic E-state index is -3.71. The highest BCUT2D eigenvalue weighted by molar-refractivity contribution is 7.92. The first kappa shape index (κ1) is 28.8. The third-order valence-corrected chi connectivity index (χ3v) is 7.28. The number of anilines is 1. The topological polar surface area (TPSA) is 86.8 Å². The van der Waals surface area contributed by atoms with Gasteiger partial charge in [0, 0.05) is 38.5 Å². The lowest BCUT2D eigenvalue weighted by Gasteiger charge is -2.31. The standard InChI is InChI=1S/C28H31F2N3O4S/c1-31-28(35)26(19-21-9-4-3-5-10-21)32(20-22-11-6-7-12-25(22)30)27(34)13-8-18-33(38(2,36)37)24-16-14-23(29)15-17-24/h3-7,9-12,14-17,26H,8,13,18-20H2,1-2H3,(H,31,35)/t26-/m0/s1. The van der Waals surface area contributed by atoms with E-state index >= 15 is 0 Å². The molecule has 38 heavy (non-hydrogen) atoms. The van der Waals surface area contributed by atoms with Crippen molar-refractivity contribution in [2.75, 3.05) is 24.2 Å². The molecule has 1 atom stereocenters. The van der Waals surface area contributed by atoms with Gasteiger partial charge in [0.1, 0.15) is 17.7 Å². The van der Waals surface area contributed by atoms with E-state index in [1.165, 1.54) is 30.1 Å². The number of amides is 2. The van der Waals surface area contributed by atoms with Crippen molar-refractivity contribution in [3.8, 4) is 0 Å². The zero-order chi connectivity index (χ0) is 27.7. The molecule has 0 bridgehead atoms. The largest absolute Gasteiger partial charge is 0.357 e. The summed E-state index contributed by atoms with van der Waals surface area (Å²) in [5, 5.41) is 2.60. The van der Waals surface area contributed by atoms with Crippen molar-refractivity contribution in [1.82, 2.24) is 10.2 Å². The molecule has 0 aliphatic rings. The highest BCUT2D eigenvalue weighted by Gasteiger charge is 2.30. The van der Waals surface area contributed by atoms with Gasteiger partial charge in [-0.15, -0.1) is 0 Å². The van der Waals surface area contributed by atoms with Crippen LogP contribution < -0.4 is 9.62 Å². The molecule has 0 aromatic heterocycles. The van der Waals surface area contributed by atoms with Crippen LogP contribution in [0.15, 0.2) is 78.9 Å². The fourth-order valence-corrected chi connectivity index (χ4v) is 5.11. The van der Waals surface area contributed by atoms with Gasteiger partial charge >= 0.3 is 0 Å². The van der Waals surface area contributed by atoms with E-state index in [1.807, 2.05) is 30.3 Å². The molecule has 10 heteroatoms. The average molecular weight is 544 g/mol. The second-order valence-corrected chi connectivity index (χ2v) is 10.8. The first-order valence-electron chi connectivity index (χ1n) is 12.1. The summed E-state index contributed by atoms with van der Waals surface area (Å²) in [4.78, 5) is 27.8. The summed E-state index contributed by atoms with van der Waals surface area (Å²) < 4.78 is 53.8. The summed E-state index contributed by atoms with van der Waals surface area (Å²) in [6.45, 7) is -0.169. The fourth-order valence-electron chi connectivity index (χ4n) is 4.14. The Morgan fingerprint density at radius 1 is 0.921 bits per heavy atom. The predicted octanol–water partition coefficient (Wildman–Crippen LogP) is 3.90. The van der Waals surface area contributed by atoms with E-state index in [2.05, 4.69) is 5.32 Å². The van der Waals surface area contributed by atoms with Crippen molar-refractivity contribution in [2.24, 2.45) is 0 Å². The molecule has 3 rings (SSSR count). The number of nitrogens with zero attached hydrogens (tertiary/aromatic N) is 2. The maximum atomic E-state index is 14.6. The van der Waals surface area contributed by atoms with Crippen LogP contribution in [-0.2, 0) is 32.6 Å². The van der Waals surface area contributed by atoms with Gasteiger partial charge in [0.2, 0.25) is 21.8 Å². The zero-order valence-corrected chi connectivity index (χ0v) is 22.1. The van der Waals surface area contributed by atoms with Crippen LogP contribution in [0.4, 0.5) is 14.5 Å². The van der Waals surface area contributed by atoms with Gasteiger partial charge in [0.15, 0.2) is 0 Å². The van der Waals surface area contributed by atoms with Crippen LogP contribution in [0.1, 0.15) is 24.0 Å². The first-order chi connectivity index (χ1) is 18.1. The molecule has 7 nitrogen and oxygen atoms in total. The van der Waals surface area contributed by atoms with Crippen molar-refractivity contribution in [3.63, 3.8) is 0 Å². The number of carbonyl (C=O) groups excluding carboxylic acids is 2. The molecule has 0 aliphatic carbocycles. The minimum Gasteiger partial charge on any atom is -0.357 e. The SMILES string of the molecule is CNC(=O)[C@H](Cc1ccccc1)N(Cc1ccccc1F)C(=O)CCCN(c1ccc(F)cc1)S(C)(=O)=O. The quantitative estimate of drug-likeness (QED) is 0.376. The Morgan fingerprint density at radius 3 is 2.16 bits per heavy atom. The van der Waals surface area contributed by atoms with Crippen LogP contribution in [0, 0.1) is 11.6 Å². The van der Waals surface area contributed by atoms with Crippen molar-refractivity contribution in [3.05, 3.63) is 102 Å². The number of rotatable bonds is 12. The van der Waals surface area contributed by atoms with Crippen LogP contribution in [0.25, 0.3) is 0 Å². The van der Waals surface area contributed by atoms with Gasteiger partial charge in [0.25, 0.3) is 0 Å². The highest BCUT2D eigenvalue weighted by atomic mass is 32.2. The summed E-state index contributed by atoms with van der Waals surface area (Å²) in [5.41, 5.74) is 1.36. The zero-order valence-electron chi connectivity index (χ0n) is 21.3. The van der Waals surface area contributed by atoms with Gasteiger partial charge in [-0.3, -0.25) is 13.9 Å². The lowest BCUT2D eigenvalue weighted by molar-refractivity contribution is -0.141. The van der Waals surface area contributed by atoms with E-state index in [4.69, 9.17) is 0 Å². The van der Waals surface area contributed by atoms with Gasteiger partial charge in [-0.1, -0.05) is 48.5 Å². The molecule has 0 heterocycles. The summed E-state index contributed by atoms with van der Waals surface area (Å²) in [5.74, 6) is -1.83. The molecule has 1 N–H and O–H groups in total. The molecule has 0 saturated carbocycles. The molecule has 3 aromatic rings. The second-order valence-electron chi connectivity index (χ2n) is 8.85. The highest BCUT2D eigenvalue weighted by Crippen LogP contribution is 2.21. The molecular formula is C28H31F2N3O4S. The van der Waals surface area contributed by atoms with E-state index < -0.39 is 39.5 Å². The second kappa shape index (κ2) is 13.1. The number of likely N-dealkylation sites (N-methyl/N-ethyl adjacent to an activating group) is 1. The number of hydrogen-bond donors (Lipinski definition) is 1. The Kier molecular flexibility index (Phi) is 9.95. The van der Waals surface area contributed by atoms with Crippen LogP contribution in [0.5, 0.6) is 0 Å². The number of carbonyl (C=O) groups is 2. The maximum Gasteiger partial charge on any atom is 0.242 e. The summed E-state index contributed by atoms with van der Waals surface area (Å²) in [6, 6.07) is 19.3. The van der Waals surface area contributed by atoms with Gasteiger partial charge in [-0.05, 0) is 42.3 Å². The fraction of sp³-hybridized carbons (Fsp3) is 0.286. The smallest absolute Gasteiger partial charge is 0.242 e. The Morgan fingerprint density at radius 2 is 1.55 bits per heavy atom. The lowest BCUT2D eigenvalue weighted by Crippen LogP contribution is -2.50. The van der Waals surface area contributed by atoms with Crippen molar-refractivity contribution < 1.29 is 26.8 Å². The van der Waals surface area contributed by atoms with Gasteiger partial charge < -0.3 is 10.2 Å². The minimum absolute atomic E-state index is 0.0347. The monoisotopic (exact) mass is 543 g/mol. The number of sulfonamides is 1. The Hall–Kier alpha value is -3.79. The molecule has 0 aliphatic heterocycles. The normalized spacial score (nSPS) is 12.0. The maximum absolute atomic E-state index is 14.6. The average Bonchev–Trinajstić information content (AvgIpc) is 2.89. The number of hydrogen-bond acceptors (Lipinski definition) is 4. The molecule has 0 radical (unpaired) electrons. The molecule has 3 aromatic carbocycles. The Bertz CT molecular complexity index is 1340. The van der Waals surface area contributed by atoms with Crippen molar-refractivity contribution in [2.45, 2.75) is 31.8 Å². The van der Waals surface area contributed by atoms with E-state index in [0.717, 1.165) is 28.3 Å². The Labute approximate surface area is 222 Å². The molecule has 0 unspecified atom stereocenters. The van der Waals surface area contributed by atoms with Gasteiger partial charge in [-0.2, -0.15) is 0 Å².